The van der Waals surface area contributed by atoms with Crippen LogP contribution in [0.3, 0.4) is 0 Å². The van der Waals surface area contributed by atoms with E-state index in [9.17, 15) is 0 Å². The first-order chi connectivity index (χ1) is 1.73. The molecule has 0 atom stereocenters. The summed E-state index contributed by atoms with van der Waals surface area (Å²) in [6.07, 6.45) is 0. The van der Waals surface area contributed by atoms with Crippen LogP contribution in [0, 0.1) is 0 Å². The van der Waals surface area contributed by atoms with Crippen LogP contribution in [0.5, 0.6) is 0 Å². The summed E-state index contributed by atoms with van der Waals surface area (Å²) in [7, 11) is 14.7. The Labute approximate surface area is 63.7 Å². The van der Waals surface area contributed by atoms with Crippen molar-refractivity contribution in [2.75, 3.05) is 0 Å². The molecule has 0 aliphatic carbocycles. The summed E-state index contributed by atoms with van der Waals surface area (Å²) in [6, 6.07) is 0. The van der Waals surface area contributed by atoms with Crippen molar-refractivity contribution in [3.05, 3.63) is 0 Å². The Hall–Kier alpha value is 1.39. The van der Waals surface area contributed by atoms with E-state index in [2.05, 4.69) is 0 Å². The van der Waals surface area contributed by atoms with Gasteiger partial charge in [0.2, 0.25) is 0 Å². The van der Waals surface area contributed by atoms with Gasteiger partial charge >= 0.3 is 41.5 Å². The van der Waals surface area contributed by atoms with Gasteiger partial charge in [0.15, 0.2) is 0 Å². The molecule has 0 radical (unpaired) electrons. The molecule has 0 saturated heterocycles. The van der Waals surface area contributed by atoms with Crippen molar-refractivity contribution < 1.29 is 11.2 Å². The molecule has 7 heavy (non-hydrogen) atoms. The number of hydrogen-bond acceptors (Lipinski definition) is 0. The Balaban J connectivity index is -0.0000000150. The Bertz CT molecular complexity index is 14.9. The molecule has 0 amide bonds. The summed E-state index contributed by atoms with van der Waals surface area (Å²) in [4.78, 5) is 0. The van der Waals surface area contributed by atoms with Crippen molar-refractivity contribution in [2.24, 2.45) is 0 Å². The normalized spacial score (nSPS) is 6.43. The Morgan fingerprint density at radius 1 is 0.714 bits per heavy atom. The van der Waals surface area contributed by atoms with E-state index in [-0.39, 0.29) is 22.3 Å². The first-order valence-electron chi connectivity index (χ1n) is 0.401. The summed E-state index contributed by atoms with van der Waals surface area (Å²) in [5.74, 6) is 0. The van der Waals surface area contributed by atoms with Crippen molar-refractivity contribution in [3.8, 4) is 0 Å². The molecule has 0 nitrogen and oxygen atoms in total. The first-order valence-corrected chi connectivity index (χ1v) is 4.96. The van der Waals surface area contributed by atoms with Gasteiger partial charge in [-0.15, -0.1) is 0 Å². The molecule has 0 aromatic rings. The van der Waals surface area contributed by atoms with Gasteiger partial charge in [0.25, 0.3) is 0 Å². The van der Waals surface area contributed by atoms with Gasteiger partial charge in [0.05, 0.1) is 0 Å². The van der Waals surface area contributed by atoms with Gasteiger partial charge in [-0.2, -0.15) is 0 Å². The zero-order chi connectivity index (χ0) is 3.58. The molecular formula is C3H12Cl3Fe. The third-order valence-corrected chi connectivity index (χ3v) is 0. The van der Waals surface area contributed by atoms with Crippen molar-refractivity contribution >= 4 is 30.3 Å². The predicted molar refractivity (Wildman–Crippen MR) is 37.8 cm³/mol. The summed E-state index contributed by atoms with van der Waals surface area (Å²) < 4.78 is 0. The molecule has 0 heterocycles. The molecule has 53 valence electrons. The second kappa shape index (κ2) is 15.7. The number of hydrogen-bond donors (Lipinski definition) is 0. The summed E-state index contributed by atoms with van der Waals surface area (Å²) in [5, 5.41) is 0. The Morgan fingerprint density at radius 3 is 0.714 bits per heavy atom. The van der Waals surface area contributed by atoms with E-state index in [0.29, 0.717) is 0 Å². The molecule has 0 aromatic carbocycles. The van der Waals surface area contributed by atoms with Gasteiger partial charge in [-0.05, 0) is 0 Å². The quantitative estimate of drug-likeness (QED) is 0.531. The van der Waals surface area contributed by atoms with E-state index in [1.807, 2.05) is 0 Å². The van der Waals surface area contributed by atoms with Crippen molar-refractivity contribution in [2.45, 2.75) is 22.3 Å². The van der Waals surface area contributed by atoms with Crippen LogP contribution in [0.2, 0.25) is 0 Å². The Morgan fingerprint density at radius 2 is 0.714 bits per heavy atom. The fourth-order valence-electron chi connectivity index (χ4n) is 0. The van der Waals surface area contributed by atoms with E-state index in [1.165, 1.54) is 0 Å². The van der Waals surface area contributed by atoms with Gasteiger partial charge < -0.3 is 0 Å². The van der Waals surface area contributed by atoms with E-state index >= 15 is 0 Å². The second-order valence-electron chi connectivity index (χ2n) is 0.152. The number of halogens is 3. The topological polar surface area (TPSA) is 0 Å². The fourth-order valence-corrected chi connectivity index (χ4v) is 0. The molecule has 0 rings (SSSR count). The molecule has 0 saturated carbocycles. The molecule has 0 aliphatic rings. The molecule has 0 aliphatic heterocycles. The van der Waals surface area contributed by atoms with E-state index in [0.717, 1.165) is 0 Å². The van der Waals surface area contributed by atoms with Crippen LogP contribution >= 0.6 is 30.3 Å². The van der Waals surface area contributed by atoms with Gasteiger partial charge in [-0.1, -0.05) is 22.3 Å². The summed E-state index contributed by atoms with van der Waals surface area (Å²) >= 11 is -1.33. The maximum absolute atomic E-state index is 4.89. The molecule has 0 unspecified atom stereocenters. The van der Waals surface area contributed by atoms with E-state index in [4.69, 9.17) is 30.3 Å². The number of rotatable bonds is 0. The van der Waals surface area contributed by atoms with Crippen LogP contribution in [0.4, 0.5) is 0 Å². The monoisotopic (exact) mass is 209 g/mol. The maximum atomic E-state index is 4.89. The standard InChI is InChI=1S/3CH4.3ClH.Fe/h3*1H4;3*1H;/q;;;;;;+3/p-3. The van der Waals surface area contributed by atoms with Crippen LogP contribution in [0.1, 0.15) is 22.3 Å². The van der Waals surface area contributed by atoms with Crippen LogP contribution in [0.15, 0.2) is 0 Å². The molecule has 4 heteroatoms. The molecule has 0 fully saturated rings. The van der Waals surface area contributed by atoms with Gasteiger partial charge in [-0.25, -0.2) is 0 Å². The first kappa shape index (κ1) is 23.8. The van der Waals surface area contributed by atoms with Crippen LogP contribution in [-0.2, 0) is 11.2 Å². The zero-order valence-corrected chi connectivity index (χ0v) is 4.86. The van der Waals surface area contributed by atoms with Crippen molar-refractivity contribution in [1.82, 2.24) is 0 Å². The second-order valence-corrected chi connectivity index (χ2v) is 5.62. The van der Waals surface area contributed by atoms with Gasteiger partial charge in [-0.3, -0.25) is 0 Å². The molecular weight excluding hydrogens is 198 g/mol. The van der Waals surface area contributed by atoms with Gasteiger partial charge in [0.1, 0.15) is 0 Å². The average Bonchev–Trinajstić information content (AvgIpc) is 0.811. The minimum atomic E-state index is -1.33. The van der Waals surface area contributed by atoms with E-state index < -0.39 is 11.2 Å². The van der Waals surface area contributed by atoms with Crippen molar-refractivity contribution in [1.29, 1.82) is 0 Å². The predicted octanol–water partition coefficient (Wildman–Crippen LogP) is 3.97. The summed E-state index contributed by atoms with van der Waals surface area (Å²) in [5.41, 5.74) is 0. The molecule has 0 bridgehead atoms. The third-order valence-electron chi connectivity index (χ3n) is 0. The Kier molecular flexibility index (Phi) is 53.2. The zero-order valence-electron chi connectivity index (χ0n) is 1.49. The fraction of sp³-hybridized carbons (Fsp3) is 1.00. The minimum absolute atomic E-state index is 0. The van der Waals surface area contributed by atoms with Crippen LogP contribution in [0.25, 0.3) is 0 Å². The van der Waals surface area contributed by atoms with Crippen LogP contribution < -0.4 is 0 Å². The van der Waals surface area contributed by atoms with Crippen LogP contribution in [-0.4, -0.2) is 0 Å². The SMILES string of the molecule is C.C.C.[Cl][Fe]([Cl])[Cl]. The van der Waals surface area contributed by atoms with Gasteiger partial charge in [0, 0.05) is 0 Å². The summed E-state index contributed by atoms with van der Waals surface area (Å²) in [6.45, 7) is 0. The van der Waals surface area contributed by atoms with E-state index in [1.54, 1.807) is 0 Å². The molecule has 0 spiro atoms. The van der Waals surface area contributed by atoms with Crippen molar-refractivity contribution in [3.63, 3.8) is 0 Å². The molecule has 0 N–H and O–H groups in total. The third kappa shape index (κ3) is 111. The average molecular weight is 210 g/mol. The molecule has 0 aromatic heterocycles.